The van der Waals surface area contributed by atoms with Gasteiger partial charge in [0.05, 0.1) is 11.2 Å². The quantitative estimate of drug-likeness (QED) is 0.732. The fourth-order valence-corrected chi connectivity index (χ4v) is 1.56. The molecule has 3 nitrogen and oxygen atoms in total. The minimum atomic E-state index is 0.0281. The Morgan fingerprint density at radius 1 is 1.19 bits per heavy atom. The first-order chi connectivity index (χ1) is 7.47. The van der Waals surface area contributed by atoms with Gasteiger partial charge in [0.25, 0.3) is 0 Å². The van der Waals surface area contributed by atoms with Crippen LogP contribution in [0.1, 0.15) is 26.5 Å². The Morgan fingerprint density at radius 2 is 1.94 bits per heavy atom. The van der Waals surface area contributed by atoms with Crippen molar-refractivity contribution in [3.05, 3.63) is 36.3 Å². The monoisotopic (exact) mass is 215 g/mol. The summed E-state index contributed by atoms with van der Waals surface area (Å²) in [6.45, 7) is 8.41. The minimum Gasteiger partial charge on any atom is -0.267 e. The molecule has 0 spiro atoms. The number of hydrogen-bond acceptors (Lipinski definition) is 2. The second kappa shape index (κ2) is 3.74. The molecule has 2 heterocycles. The molecule has 0 aliphatic carbocycles. The largest absolute Gasteiger partial charge is 0.267 e. The van der Waals surface area contributed by atoms with E-state index in [1.807, 2.05) is 36.1 Å². The smallest absolute Gasteiger partial charge is 0.0924 e. The number of aromatic nitrogens is 3. The third-order valence-corrected chi connectivity index (χ3v) is 2.47. The summed E-state index contributed by atoms with van der Waals surface area (Å²) in [6.07, 6.45) is 3.84. The van der Waals surface area contributed by atoms with E-state index < -0.39 is 0 Å². The molecule has 0 bridgehead atoms. The topological polar surface area (TPSA) is 30.7 Å². The van der Waals surface area contributed by atoms with Crippen LogP contribution in [0.4, 0.5) is 0 Å². The summed E-state index contributed by atoms with van der Waals surface area (Å²) in [4.78, 5) is 4.19. The van der Waals surface area contributed by atoms with Gasteiger partial charge in [-0.2, -0.15) is 5.10 Å². The SMILES string of the molecule is Cc1cc(-c2ccn(C(C)(C)C)n2)ccn1. The van der Waals surface area contributed by atoms with Crippen LogP contribution in [0.3, 0.4) is 0 Å². The predicted molar refractivity (Wildman–Crippen MR) is 65.2 cm³/mol. The van der Waals surface area contributed by atoms with Crippen molar-refractivity contribution in [2.45, 2.75) is 33.2 Å². The van der Waals surface area contributed by atoms with Crippen LogP contribution in [0.25, 0.3) is 11.3 Å². The summed E-state index contributed by atoms with van der Waals surface area (Å²) < 4.78 is 1.98. The van der Waals surface area contributed by atoms with Crippen molar-refractivity contribution < 1.29 is 0 Å². The van der Waals surface area contributed by atoms with E-state index in [0.717, 1.165) is 17.0 Å². The molecule has 0 unspecified atom stereocenters. The van der Waals surface area contributed by atoms with Gasteiger partial charge < -0.3 is 0 Å². The zero-order valence-electron chi connectivity index (χ0n) is 10.2. The molecule has 0 aliphatic heterocycles. The maximum Gasteiger partial charge on any atom is 0.0924 e. The fraction of sp³-hybridized carbons (Fsp3) is 0.385. The second-order valence-electron chi connectivity index (χ2n) is 5.00. The van der Waals surface area contributed by atoms with E-state index in [2.05, 4.69) is 36.9 Å². The van der Waals surface area contributed by atoms with Gasteiger partial charge in [-0.05, 0) is 45.9 Å². The van der Waals surface area contributed by atoms with Crippen LogP contribution in [-0.4, -0.2) is 14.8 Å². The second-order valence-corrected chi connectivity index (χ2v) is 5.00. The van der Waals surface area contributed by atoms with Gasteiger partial charge in [-0.15, -0.1) is 0 Å². The van der Waals surface area contributed by atoms with E-state index >= 15 is 0 Å². The average Bonchev–Trinajstić information content (AvgIpc) is 2.65. The minimum absolute atomic E-state index is 0.0281. The van der Waals surface area contributed by atoms with Crippen LogP contribution in [0.15, 0.2) is 30.6 Å². The van der Waals surface area contributed by atoms with Crippen molar-refractivity contribution in [2.24, 2.45) is 0 Å². The number of rotatable bonds is 1. The first kappa shape index (κ1) is 10.9. The molecule has 2 aromatic rings. The molecule has 0 saturated heterocycles. The van der Waals surface area contributed by atoms with E-state index in [9.17, 15) is 0 Å². The lowest BCUT2D eigenvalue weighted by atomic mass is 10.1. The summed E-state index contributed by atoms with van der Waals surface area (Å²) in [6, 6.07) is 6.08. The standard InChI is InChI=1S/C13H17N3/c1-10-9-11(5-7-14-10)12-6-8-16(15-12)13(2,3)4/h5-9H,1-4H3. The zero-order chi connectivity index (χ0) is 11.8. The molecular formula is C13H17N3. The Labute approximate surface area is 96.1 Å². The normalized spacial score (nSPS) is 11.8. The number of hydrogen-bond donors (Lipinski definition) is 0. The summed E-state index contributed by atoms with van der Waals surface area (Å²) in [7, 11) is 0. The molecule has 0 aromatic carbocycles. The molecule has 16 heavy (non-hydrogen) atoms. The third-order valence-electron chi connectivity index (χ3n) is 2.47. The first-order valence-corrected chi connectivity index (χ1v) is 5.46. The lowest BCUT2D eigenvalue weighted by Gasteiger charge is -2.18. The van der Waals surface area contributed by atoms with Crippen LogP contribution in [-0.2, 0) is 5.54 Å². The van der Waals surface area contributed by atoms with Crippen molar-refractivity contribution in [2.75, 3.05) is 0 Å². The van der Waals surface area contributed by atoms with Crippen molar-refractivity contribution in [1.29, 1.82) is 0 Å². The highest BCUT2D eigenvalue weighted by atomic mass is 15.3. The Hall–Kier alpha value is -1.64. The van der Waals surface area contributed by atoms with E-state index in [0.29, 0.717) is 0 Å². The van der Waals surface area contributed by atoms with Gasteiger partial charge in [0.15, 0.2) is 0 Å². The Morgan fingerprint density at radius 3 is 2.50 bits per heavy atom. The number of pyridine rings is 1. The lowest BCUT2D eigenvalue weighted by Crippen LogP contribution is -2.22. The van der Waals surface area contributed by atoms with E-state index in [1.54, 1.807) is 0 Å². The first-order valence-electron chi connectivity index (χ1n) is 5.46. The molecule has 0 aliphatic rings. The van der Waals surface area contributed by atoms with Gasteiger partial charge in [0.2, 0.25) is 0 Å². The zero-order valence-corrected chi connectivity index (χ0v) is 10.2. The Kier molecular flexibility index (Phi) is 2.54. The predicted octanol–water partition coefficient (Wildman–Crippen LogP) is 3.01. The lowest BCUT2D eigenvalue weighted by molar-refractivity contribution is 0.356. The van der Waals surface area contributed by atoms with Gasteiger partial charge in [-0.25, -0.2) is 0 Å². The van der Waals surface area contributed by atoms with Gasteiger partial charge in [0.1, 0.15) is 0 Å². The maximum atomic E-state index is 4.58. The summed E-state index contributed by atoms with van der Waals surface area (Å²) in [5.41, 5.74) is 3.17. The van der Waals surface area contributed by atoms with Crippen LogP contribution < -0.4 is 0 Å². The van der Waals surface area contributed by atoms with Crippen LogP contribution >= 0.6 is 0 Å². The molecule has 2 aromatic heterocycles. The fourth-order valence-electron chi connectivity index (χ4n) is 1.56. The van der Waals surface area contributed by atoms with Crippen molar-refractivity contribution in [3.8, 4) is 11.3 Å². The van der Waals surface area contributed by atoms with Gasteiger partial charge in [0, 0.05) is 23.7 Å². The molecule has 0 radical (unpaired) electrons. The van der Waals surface area contributed by atoms with E-state index in [-0.39, 0.29) is 5.54 Å². The summed E-state index contributed by atoms with van der Waals surface area (Å²) in [5.74, 6) is 0. The van der Waals surface area contributed by atoms with Crippen molar-refractivity contribution in [3.63, 3.8) is 0 Å². The highest BCUT2D eigenvalue weighted by Gasteiger charge is 2.14. The highest BCUT2D eigenvalue weighted by molar-refractivity contribution is 5.58. The average molecular weight is 215 g/mol. The maximum absolute atomic E-state index is 4.58. The molecule has 0 amide bonds. The summed E-state index contributed by atoms with van der Waals surface area (Å²) in [5, 5.41) is 4.58. The molecule has 0 N–H and O–H groups in total. The molecule has 3 heteroatoms. The summed E-state index contributed by atoms with van der Waals surface area (Å²) >= 11 is 0. The van der Waals surface area contributed by atoms with Gasteiger partial charge in [-0.3, -0.25) is 9.67 Å². The van der Waals surface area contributed by atoms with E-state index in [1.165, 1.54) is 0 Å². The third kappa shape index (κ3) is 2.13. The van der Waals surface area contributed by atoms with E-state index in [4.69, 9.17) is 0 Å². The Balaban J connectivity index is 2.39. The molecule has 0 saturated carbocycles. The molecule has 2 rings (SSSR count). The van der Waals surface area contributed by atoms with Crippen LogP contribution in [0, 0.1) is 6.92 Å². The van der Waals surface area contributed by atoms with Gasteiger partial charge in [-0.1, -0.05) is 0 Å². The Bertz CT molecular complexity index is 492. The van der Waals surface area contributed by atoms with Crippen LogP contribution in [0.5, 0.6) is 0 Å². The molecule has 84 valence electrons. The number of aryl methyl sites for hydroxylation is 1. The molecule has 0 atom stereocenters. The van der Waals surface area contributed by atoms with Gasteiger partial charge >= 0.3 is 0 Å². The highest BCUT2D eigenvalue weighted by Crippen LogP contribution is 2.20. The number of nitrogens with zero attached hydrogens (tertiary/aromatic N) is 3. The molecular weight excluding hydrogens is 198 g/mol. The van der Waals surface area contributed by atoms with Crippen molar-refractivity contribution >= 4 is 0 Å². The molecule has 0 fully saturated rings. The van der Waals surface area contributed by atoms with Crippen LogP contribution in [0.2, 0.25) is 0 Å². The van der Waals surface area contributed by atoms with Crippen molar-refractivity contribution in [1.82, 2.24) is 14.8 Å².